The van der Waals surface area contributed by atoms with Crippen molar-refractivity contribution in [2.75, 3.05) is 32.7 Å². The first-order valence-electron chi connectivity index (χ1n) is 9.11. The quantitative estimate of drug-likeness (QED) is 0.837. The van der Waals surface area contributed by atoms with Gasteiger partial charge in [0.2, 0.25) is 5.91 Å². The van der Waals surface area contributed by atoms with Gasteiger partial charge in [-0.1, -0.05) is 29.3 Å². The fraction of sp³-hybridized carbons (Fsp3) is 0.632. The van der Waals surface area contributed by atoms with Gasteiger partial charge in [0.25, 0.3) is 0 Å². The van der Waals surface area contributed by atoms with E-state index in [1.807, 2.05) is 32.0 Å². The van der Waals surface area contributed by atoms with Crippen LogP contribution in [0.3, 0.4) is 0 Å². The SMILES string of the molecule is Cc1cc(C)cc(C2(C(=O)NCC(N3CCNCC3)C(F)(F)F)CC2)c1. The molecule has 0 radical (unpaired) electrons. The fourth-order valence-corrected chi connectivity index (χ4v) is 3.83. The normalized spacial score (nSPS) is 21.3. The van der Waals surface area contributed by atoms with Crippen molar-refractivity contribution in [2.45, 2.75) is 44.3 Å². The van der Waals surface area contributed by atoms with Gasteiger partial charge in [-0.2, -0.15) is 13.2 Å². The average molecular weight is 369 g/mol. The Balaban J connectivity index is 1.70. The number of carbonyl (C=O) groups is 1. The van der Waals surface area contributed by atoms with Crippen LogP contribution in [0.4, 0.5) is 13.2 Å². The molecule has 2 fully saturated rings. The van der Waals surface area contributed by atoms with Crippen LogP contribution in [-0.4, -0.2) is 55.7 Å². The van der Waals surface area contributed by atoms with Crippen LogP contribution in [0, 0.1) is 13.8 Å². The van der Waals surface area contributed by atoms with E-state index < -0.39 is 24.2 Å². The molecule has 1 amide bonds. The highest BCUT2D eigenvalue weighted by atomic mass is 19.4. The molecule has 0 spiro atoms. The summed E-state index contributed by atoms with van der Waals surface area (Å²) in [4.78, 5) is 14.2. The Hall–Kier alpha value is -1.60. The summed E-state index contributed by atoms with van der Waals surface area (Å²) in [5, 5.41) is 5.66. The van der Waals surface area contributed by atoms with Gasteiger partial charge in [0.1, 0.15) is 6.04 Å². The van der Waals surface area contributed by atoms with Gasteiger partial charge in [-0.3, -0.25) is 9.69 Å². The minimum atomic E-state index is -4.36. The molecule has 144 valence electrons. The maximum atomic E-state index is 13.5. The van der Waals surface area contributed by atoms with Crippen molar-refractivity contribution in [1.82, 2.24) is 15.5 Å². The van der Waals surface area contributed by atoms with E-state index in [1.54, 1.807) is 0 Å². The molecule has 3 rings (SSSR count). The number of hydrogen-bond donors (Lipinski definition) is 2. The lowest BCUT2D eigenvalue weighted by Crippen LogP contribution is -2.58. The van der Waals surface area contributed by atoms with Gasteiger partial charge in [0, 0.05) is 32.7 Å². The Bertz CT molecular complexity index is 644. The molecule has 0 bridgehead atoms. The summed E-state index contributed by atoms with van der Waals surface area (Å²) in [5.41, 5.74) is 2.38. The number of rotatable bonds is 5. The lowest BCUT2D eigenvalue weighted by molar-refractivity contribution is -0.184. The number of nitrogens with one attached hydrogen (secondary N) is 2. The van der Waals surface area contributed by atoms with Crippen LogP contribution in [0.25, 0.3) is 0 Å². The van der Waals surface area contributed by atoms with Crippen LogP contribution in [0.2, 0.25) is 0 Å². The number of piperazine rings is 1. The molecule has 1 unspecified atom stereocenters. The van der Waals surface area contributed by atoms with Crippen LogP contribution in [-0.2, 0) is 10.2 Å². The topological polar surface area (TPSA) is 44.4 Å². The second-order valence-electron chi connectivity index (χ2n) is 7.51. The molecule has 1 aromatic rings. The predicted octanol–water partition coefficient (Wildman–Crippen LogP) is 2.29. The van der Waals surface area contributed by atoms with E-state index >= 15 is 0 Å². The second kappa shape index (κ2) is 7.19. The summed E-state index contributed by atoms with van der Waals surface area (Å²) < 4.78 is 40.4. The van der Waals surface area contributed by atoms with Crippen molar-refractivity contribution >= 4 is 5.91 Å². The largest absolute Gasteiger partial charge is 0.405 e. The van der Waals surface area contributed by atoms with Crippen molar-refractivity contribution in [3.05, 3.63) is 34.9 Å². The summed E-state index contributed by atoms with van der Waals surface area (Å²) in [6.07, 6.45) is -2.99. The molecule has 1 aliphatic carbocycles. The van der Waals surface area contributed by atoms with Gasteiger partial charge in [-0.05, 0) is 32.3 Å². The number of alkyl halides is 3. The summed E-state index contributed by atoms with van der Waals surface area (Å²) in [6.45, 7) is 5.28. The molecule has 1 heterocycles. The minimum Gasteiger partial charge on any atom is -0.353 e. The smallest absolute Gasteiger partial charge is 0.353 e. The third kappa shape index (κ3) is 4.04. The first kappa shape index (κ1) is 19.2. The van der Waals surface area contributed by atoms with Gasteiger partial charge in [0.15, 0.2) is 0 Å². The van der Waals surface area contributed by atoms with Crippen LogP contribution < -0.4 is 10.6 Å². The molecule has 0 aromatic heterocycles. The minimum absolute atomic E-state index is 0.285. The molecule has 7 heteroatoms. The van der Waals surface area contributed by atoms with E-state index in [0.717, 1.165) is 16.7 Å². The number of aryl methyl sites for hydroxylation is 2. The number of carbonyl (C=O) groups excluding carboxylic acids is 1. The number of amides is 1. The summed E-state index contributed by atoms with van der Waals surface area (Å²) in [7, 11) is 0. The van der Waals surface area contributed by atoms with Gasteiger partial charge >= 0.3 is 6.18 Å². The number of halogens is 3. The standard InChI is InChI=1S/C19H26F3N3O/c1-13-9-14(2)11-15(10-13)18(3-4-18)17(26)24-12-16(19(20,21)22)25-7-5-23-6-8-25/h9-11,16,23H,3-8,12H2,1-2H3,(H,24,26). The molecular weight excluding hydrogens is 343 g/mol. The van der Waals surface area contributed by atoms with E-state index in [1.165, 1.54) is 4.90 Å². The first-order valence-corrected chi connectivity index (χ1v) is 9.11. The van der Waals surface area contributed by atoms with Gasteiger partial charge in [-0.25, -0.2) is 0 Å². The maximum Gasteiger partial charge on any atom is 0.405 e. The number of nitrogens with zero attached hydrogens (tertiary/aromatic N) is 1. The van der Waals surface area contributed by atoms with Crippen LogP contribution in [0.5, 0.6) is 0 Å². The maximum absolute atomic E-state index is 13.5. The van der Waals surface area contributed by atoms with E-state index in [2.05, 4.69) is 10.6 Å². The highest BCUT2D eigenvalue weighted by Crippen LogP contribution is 2.48. The second-order valence-corrected chi connectivity index (χ2v) is 7.51. The molecule has 1 aromatic carbocycles. The van der Waals surface area contributed by atoms with Crippen molar-refractivity contribution in [1.29, 1.82) is 0 Å². The third-order valence-electron chi connectivity index (χ3n) is 5.39. The molecule has 2 N–H and O–H groups in total. The highest BCUT2D eigenvalue weighted by molar-refractivity contribution is 5.91. The molecule has 1 saturated heterocycles. The Morgan fingerprint density at radius 1 is 1.19 bits per heavy atom. The van der Waals surface area contributed by atoms with Gasteiger partial charge < -0.3 is 10.6 Å². The Morgan fingerprint density at radius 3 is 2.27 bits per heavy atom. The summed E-state index contributed by atoms with van der Waals surface area (Å²) in [6, 6.07) is 4.33. The highest BCUT2D eigenvalue weighted by Gasteiger charge is 2.52. The number of hydrogen-bond acceptors (Lipinski definition) is 3. The van der Waals surface area contributed by atoms with Crippen molar-refractivity contribution in [3.63, 3.8) is 0 Å². The predicted molar refractivity (Wildman–Crippen MR) is 94.1 cm³/mol. The first-order chi connectivity index (χ1) is 12.2. The van der Waals surface area contributed by atoms with E-state index in [4.69, 9.17) is 0 Å². The molecule has 2 aliphatic rings. The van der Waals surface area contributed by atoms with Crippen molar-refractivity contribution in [3.8, 4) is 0 Å². The Morgan fingerprint density at radius 2 is 1.77 bits per heavy atom. The molecular formula is C19H26F3N3O. The monoisotopic (exact) mass is 369 g/mol. The zero-order chi connectivity index (χ0) is 18.9. The van der Waals surface area contributed by atoms with Gasteiger partial charge in [-0.15, -0.1) is 0 Å². The summed E-state index contributed by atoms with van der Waals surface area (Å²) >= 11 is 0. The van der Waals surface area contributed by atoms with E-state index in [0.29, 0.717) is 39.0 Å². The van der Waals surface area contributed by atoms with Gasteiger partial charge in [0.05, 0.1) is 5.41 Å². The Labute approximate surface area is 152 Å². The van der Waals surface area contributed by atoms with E-state index in [9.17, 15) is 18.0 Å². The van der Waals surface area contributed by atoms with Crippen LogP contribution in [0.1, 0.15) is 29.5 Å². The zero-order valence-corrected chi connectivity index (χ0v) is 15.2. The van der Waals surface area contributed by atoms with E-state index in [-0.39, 0.29) is 5.91 Å². The molecule has 1 saturated carbocycles. The van der Waals surface area contributed by atoms with Crippen molar-refractivity contribution in [2.24, 2.45) is 0 Å². The lowest BCUT2D eigenvalue weighted by atomic mass is 9.92. The summed E-state index contributed by atoms with van der Waals surface area (Å²) in [5.74, 6) is -0.285. The molecule has 1 aliphatic heterocycles. The van der Waals surface area contributed by atoms with Crippen molar-refractivity contribution < 1.29 is 18.0 Å². The molecule has 1 atom stereocenters. The van der Waals surface area contributed by atoms with Crippen LogP contribution >= 0.6 is 0 Å². The average Bonchev–Trinajstić information content (AvgIpc) is 3.35. The number of benzene rings is 1. The van der Waals surface area contributed by atoms with Crippen LogP contribution in [0.15, 0.2) is 18.2 Å². The lowest BCUT2D eigenvalue weighted by Gasteiger charge is -2.36. The Kier molecular flexibility index (Phi) is 5.30. The molecule has 26 heavy (non-hydrogen) atoms. The zero-order valence-electron chi connectivity index (χ0n) is 15.2. The fourth-order valence-electron chi connectivity index (χ4n) is 3.83. The third-order valence-corrected chi connectivity index (χ3v) is 5.39. The molecule has 4 nitrogen and oxygen atoms in total.